The molecule has 2 rings (SSSR count). The summed E-state index contributed by atoms with van der Waals surface area (Å²) >= 11 is 0. The molecule has 0 spiro atoms. The van der Waals surface area contributed by atoms with Crippen LogP contribution >= 0.6 is 0 Å². The van der Waals surface area contributed by atoms with Gasteiger partial charge < -0.3 is 4.90 Å². The molecule has 2 fully saturated rings. The van der Waals surface area contributed by atoms with E-state index in [1.54, 1.807) is 0 Å². The van der Waals surface area contributed by atoms with Gasteiger partial charge in [-0.05, 0) is 63.0 Å². The monoisotopic (exact) mass is 305 g/mol. The first kappa shape index (κ1) is 17.9. The Kier molecular flexibility index (Phi) is 9.05. The van der Waals surface area contributed by atoms with Gasteiger partial charge >= 0.3 is 0 Å². The van der Waals surface area contributed by atoms with E-state index in [0.717, 1.165) is 11.8 Å². The third-order valence-corrected chi connectivity index (χ3v) is 5.82. The van der Waals surface area contributed by atoms with Crippen molar-refractivity contribution in [3.63, 3.8) is 0 Å². The number of unbranched alkanes of at least 4 members (excludes halogenated alkanes) is 5. The molecular formula is C21H39N. The van der Waals surface area contributed by atoms with Crippen LogP contribution in [0.15, 0.2) is 12.3 Å². The lowest BCUT2D eigenvalue weighted by Gasteiger charge is -2.29. The number of rotatable bonds is 9. The van der Waals surface area contributed by atoms with E-state index in [0.29, 0.717) is 0 Å². The molecule has 1 aliphatic carbocycles. The fourth-order valence-electron chi connectivity index (χ4n) is 4.19. The van der Waals surface area contributed by atoms with Crippen LogP contribution in [0, 0.1) is 11.8 Å². The standard InChI is InChI=1S/C21H39N/c1-2-3-4-5-6-8-11-20-12-14-21(15-13-20)16-19-22-17-9-7-10-18-22/h16,19-21H,2-15,17-18H2,1H3/t20-,21-. The Morgan fingerprint density at radius 3 is 2.23 bits per heavy atom. The molecule has 0 unspecified atom stereocenters. The maximum atomic E-state index is 2.55. The molecule has 2 aliphatic rings. The van der Waals surface area contributed by atoms with E-state index in [4.69, 9.17) is 0 Å². The molecule has 0 amide bonds. The summed E-state index contributed by atoms with van der Waals surface area (Å²) in [5.41, 5.74) is 0. The van der Waals surface area contributed by atoms with Crippen LogP contribution in [0.1, 0.15) is 96.8 Å². The van der Waals surface area contributed by atoms with Crippen molar-refractivity contribution in [2.75, 3.05) is 13.1 Å². The van der Waals surface area contributed by atoms with Gasteiger partial charge in [-0.2, -0.15) is 0 Å². The summed E-state index contributed by atoms with van der Waals surface area (Å²) in [6.07, 6.45) is 25.3. The molecule has 0 N–H and O–H groups in total. The van der Waals surface area contributed by atoms with Gasteiger partial charge in [0.05, 0.1) is 0 Å². The lowest BCUT2D eigenvalue weighted by atomic mass is 9.79. The van der Waals surface area contributed by atoms with Gasteiger partial charge in [-0.15, -0.1) is 0 Å². The van der Waals surface area contributed by atoms with Crippen molar-refractivity contribution in [1.29, 1.82) is 0 Å². The highest BCUT2D eigenvalue weighted by molar-refractivity contribution is 4.91. The second-order valence-corrected chi connectivity index (χ2v) is 7.78. The Morgan fingerprint density at radius 2 is 1.50 bits per heavy atom. The van der Waals surface area contributed by atoms with Crippen LogP contribution in [0.2, 0.25) is 0 Å². The van der Waals surface area contributed by atoms with Crippen molar-refractivity contribution >= 4 is 0 Å². The maximum absolute atomic E-state index is 2.55. The average Bonchev–Trinajstić information content (AvgIpc) is 2.58. The van der Waals surface area contributed by atoms with Crippen LogP contribution in [-0.2, 0) is 0 Å². The predicted molar refractivity (Wildman–Crippen MR) is 98.0 cm³/mol. The Bertz CT molecular complexity index is 282. The van der Waals surface area contributed by atoms with E-state index in [2.05, 4.69) is 24.1 Å². The van der Waals surface area contributed by atoms with E-state index in [1.807, 2.05) is 0 Å². The van der Waals surface area contributed by atoms with Crippen molar-refractivity contribution in [3.05, 3.63) is 12.3 Å². The molecule has 0 aromatic carbocycles. The molecule has 0 radical (unpaired) electrons. The van der Waals surface area contributed by atoms with Crippen LogP contribution in [0.3, 0.4) is 0 Å². The zero-order valence-corrected chi connectivity index (χ0v) is 15.1. The van der Waals surface area contributed by atoms with Crippen LogP contribution in [-0.4, -0.2) is 18.0 Å². The fourth-order valence-corrected chi connectivity index (χ4v) is 4.19. The second-order valence-electron chi connectivity index (χ2n) is 7.78. The smallest absolute Gasteiger partial charge is 0.0172 e. The van der Waals surface area contributed by atoms with Crippen LogP contribution in [0.4, 0.5) is 0 Å². The number of piperidine rings is 1. The minimum absolute atomic E-state index is 0.878. The molecule has 1 saturated heterocycles. The molecule has 1 saturated carbocycles. The Hall–Kier alpha value is -0.460. The summed E-state index contributed by atoms with van der Waals surface area (Å²) < 4.78 is 0. The van der Waals surface area contributed by atoms with Gasteiger partial charge in [0, 0.05) is 13.1 Å². The fraction of sp³-hybridized carbons (Fsp3) is 0.905. The van der Waals surface area contributed by atoms with E-state index in [1.165, 1.54) is 103 Å². The number of nitrogens with zero attached hydrogens (tertiary/aromatic N) is 1. The first-order chi connectivity index (χ1) is 10.9. The molecule has 1 nitrogen and oxygen atoms in total. The van der Waals surface area contributed by atoms with Gasteiger partial charge in [0.25, 0.3) is 0 Å². The summed E-state index contributed by atoms with van der Waals surface area (Å²) in [5, 5.41) is 0. The average molecular weight is 306 g/mol. The molecule has 22 heavy (non-hydrogen) atoms. The number of hydrogen-bond acceptors (Lipinski definition) is 1. The largest absolute Gasteiger partial charge is 0.378 e. The van der Waals surface area contributed by atoms with E-state index in [9.17, 15) is 0 Å². The van der Waals surface area contributed by atoms with Gasteiger partial charge in [-0.1, -0.05) is 57.9 Å². The molecule has 128 valence electrons. The zero-order chi connectivity index (χ0) is 15.5. The van der Waals surface area contributed by atoms with Crippen LogP contribution < -0.4 is 0 Å². The highest BCUT2D eigenvalue weighted by Gasteiger charge is 2.19. The topological polar surface area (TPSA) is 3.24 Å². The Labute approximate surface area is 139 Å². The SMILES string of the molecule is CCCCCCCC[C@H]1CC[C@H](C=CN2CCCCC2)CC1. The normalized spacial score (nSPS) is 26.7. The highest BCUT2D eigenvalue weighted by Crippen LogP contribution is 2.33. The summed E-state index contributed by atoms with van der Waals surface area (Å²) in [7, 11) is 0. The van der Waals surface area contributed by atoms with Crippen molar-refractivity contribution < 1.29 is 0 Å². The molecule has 0 atom stereocenters. The van der Waals surface area contributed by atoms with Crippen molar-refractivity contribution in [3.8, 4) is 0 Å². The molecule has 1 heterocycles. The summed E-state index contributed by atoms with van der Waals surface area (Å²) in [4.78, 5) is 2.55. The predicted octanol–water partition coefficient (Wildman–Crippen LogP) is 6.54. The molecule has 0 aromatic heterocycles. The molecular weight excluding hydrogens is 266 g/mol. The Balaban J connectivity index is 1.51. The zero-order valence-electron chi connectivity index (χ0n) is 15.1. The van der Waals surface area contributed by atoms with Crippen molar-refractivity contribution in [1.82, 2.24) is 4.90 Å². The number of likely N-dealkylation sites (tertiary alicyclic amines) is 1. The Morgan fingerprint density at radius 1 is 0.818 bits per heavy atom. The minimum Gasteiger partial charge on any atom is -0.378 e. The number of hydrogen-bond donors (Lipinski definition) is 0. The van der Waals surface area contributed by atoms with Gasteiger partial charge in [-0.25, -0.2) is 0 Å². The van der Waals surface area contributed by atoms with Gasteiger partial charge in [0.15, 0.2) is 0 Å². The highest BCUT2D eigenvalue weighted by atomic mass is 15.1. The van der Waals surface area contributed by atoms with Gasteiger partial charge in [0.1, 0.15) is 0 Å². The quantitative estimate of drug-likeness (QED) is 0.437. The van der Waals surface area contributed by atoms with Gasteiger partial charge in [0.2, 0.25) is 0 Å². The summed E-state index contributed by atoms with van der Waals surface area (Å²) in [6.45, 7) is 4.89. The minimum atomic E-state index is 0.878. The molecule has 1 heteroatoms. The summed E-state index contributed by atoms with van der Waals surface area (Å²) in [5.74, 6) is 1.92. The van der Waals surface area contributed by atoms with Crippen molar-refractivity contribution in [2.45, 2.75) is 96.8 Å². The van der Waals surface area contributed by atoms with E-state index < -0.39 is 0 Å². The van der Waals surface area contributed by atoms with E-state index in [-0.39, 0.29) is 0 Å². The lowest BCUT2D eigenvalue weighted by Crippen LogP contribution is -2.24. The van der Waals surface area contributed by atoms with Crippen LogP contribution in [0.5, 0.6) is 0 Å². The van der Waals surface area contributed by atoms with E-state index >= 15 is 0 Å². The molecule has 0 bridgehead atoms. The first-order valence-electron chi connectivity index (χ1n) is 10.3. The third kappa shape index (κ3) is 7.20. The van der Waals surface area contributed by atoms with Crippen molar-refractivity contribution in [2.24, 2.45) is 11.8 Å². The lowest BCUT2D eigenvalue weighted by molar-refractivity contribution is 0.279. The summed E-state index contributed by atoms with van der Waals surface area (Å²) in [6, 6.07) is 0. The van der Waals surface area contributed by atoms with Gasteiger partial charge in [-0.3, -0.25) is 0 Å². The first-order valence-corrected chi connectivity index (χ1v) is 10.3. The molecule has 0 aromatic rings. The third-order valence-electron chi connectivity index (χ3n) is 5.82. The number of allylic oxidation sites excluding steroid dienone is 1. The van der Waals surface area contributed by atoms with Crippen LogP contribution in [0.25, 0.3) is 0 Å². The maximum Gasteiger partial charge on any atom is 0.0172 e. The molecule has 1 aliphatic heterocycles. The second kappa shape index (κ2) is 11.1.